The molecular formula is C33H45F3N4O4. The maximum absolute atomic E-state index is 13.5. The molecule has 1 aromatic heterocycles. The normalized spacial score (nSPS) is 30.7. The largest absolute Gasteiger partial charge is 0.471 e. The Kier molecular flexibility index (Phi) is 9.44. The minimum atomic E-state index is -4.50. The van der Waals surface area contributed by atoms with Crippen LogP contribution in [-0.2, 0) is 22.1 Å². The van der Waals surface area contributed by atoms with Crippen LogP contribution >= 0.6 is 0 Å². The van der Waals surface area contributed by atoms with Crippen LogP contribution in [0, 0.1) is 17.3 Å². The molecule has 2 aliphatic heterocycles. The van der Waals surface area contributed by atoms with Crippen LogP contribution in [0.3, 0.4) is 0 Å². The van der Waals surface area contributed by atoms with E-state index >= 15 is 0 Å². The standard InChI is InChI=1S/C33H45F3N4O4/c1-19-27-17-40(29(19)20(2)41)18-28(32(3,4)5)39-31(42)44-26-13-9-11-21(26)10-7-6-8-12-24-30(43-27)38-25-16-22(33(34,35)36)14-15-23(25)37-24/h14-16,19,21,26-29H,6-13,17-18H2,1-5H3,(H,39,42)/t19-,21-,26-,27+,28-,29+/m1/s1. The number of halogens is 3. The number of amides is 1. The number of alkyl halides is 3. The molecule has 11 heteroatoms. The Morgan fingerprint density at radius 2 is 1.70 bits per heavy atom. The molecule has 1 saturated heterocycles. The van der Waals surface area contributed by atoms with Gasteiger partial charge in [0.15, 0.2) is 0 Å². The van der Waals surface area contributed by atoms with Crippen molar-refractivity contribution in [2.24, 2.45) is 17.3 Å². The fraction of sp³-hybridized carbons (Fsp3) is 0.697. The van der Waals surface area contributed by atoms with Gasteiger partial charge in [-0.1, -0.05) is 40.5 Å². The van der Waals surface area contributed by atoms with E-state index in [1.807, 2.05) is 32.6 Å². The maximum atomic E-state index is 13.5. The number of ether oxygens (including phenoxy) is 2. The van der Waals surface area contributed by atoms with E-state index in [0.29, 0.717) is 36.6 Å². The predicted molar refractivity (Wildman–Crippen MR) is 160 cm³/mol. The van der Waals surface area contributed by atoms with Gasteiger partial charge in [0, 0.05) is 25.0 Å². The molecule has 0 spiro atoms. The minimum absolute atomic E-state index is 0.0156. The second-order valence-electron chi connectivity index (χ2n) is 14.0. The van der Waals surface area contributed by atoms with Crippen molar-refractivity contribution in [1.82, 2.24) is 20.2 Å². The van der Waals surface area contributed by atoms with E-state index in [4.69, 9.17) is 14.5 Å². The lowest BCUT2D eigenvalue weighted by atomic mass is 9.86. The molecule has 8 nitrogen and oxygen atoms in total. The first-order valence-electron chi connectivity index (χ1n) is 16.0. The fourth-order valence-corrected chi connectivity index (χ4v) is 7.11. The highest BCUT2D eigenvalue weighted by Crippen LogP contribution is 2.36. The number of hydrogen-bond acceptors (Lipinski definition) is 7. The average molecular weight is 619 g/mol. The Balaban J connectivity index is 1.50. The van der Waals surface area contributed by atoms with Gasteiger partial charge in [0.05, 0.1) is 22.6 Å². The molecule has 242 valence electrons. The summed E-state index contributed by atoms with van der Waals surface area (Å²) in [5.74, 6) is 0.299. The average Bonchev–Trinajstić information content (AvgIpc) is 3.49. The summed E-state index contributed by atoms with van der Waals surface area (Å²) in [4.78, 5) is 37.5. The monoisotopic (exact) mass is 618 g/mol. The van der Waals surface area contributed by atoms with E-state index in [0.717, 1.165) is 57.1 Å². The van der Waals surface area contributed by atoms with E-state index in [-0.39, 0.29) is 40.7 Å². The first kappa shape index (κ1) is 32.4. The third kappa shape index (κ3) is 7.29. The van der Waals surface area contributed by atoms with E-state index in [1.54, 1.807) is 6.92 Å². The van der Waals surface area contributed by atoms with Crippen LogP contribution in [0.15, 0.2) is 18.2 Å². The Hall–Kier alpha value is -2.95. The van der Waals surface area contributed by atoms with Crippen molar-refractivity contribution in [2.75, 3.05) is 13.1 Å². The third-order valence-corrected chi connectivity index (χ3v) is 9.69. The first-order valence-corrected chi connectivity index (χ1v) is 16.0. The van der Waals surface area contributed by atoms with Gasteiger partial charge < -0.3 is 14.8 Å². The van der Waals surface area contributed by atoms with Crippen LogP contribution in [0.1, 0.15) is 90.8 Å². The molecule has 3 aliphatic rings. The van der Waals surface area contributed by atoms with Gasteiger partial charge in [-0.3, -0.25) is 9.69 Å². The van der Waals surface area contributed by atoms with E-state index in [1.165, 1.54) is 6.07 Å². The Labute approximate surface area is 257 Å². The summed E-state index contributed by atoms with van der Waals surface area (Å²) in [7, 11) is 0. The SMILES string of the molecule is CC(=O)[C@@H]1[C@H](C)[C@@H]2CN1C[C@H](C(C)(C)C)NC(=O)O[C@@H]1CCC[C@H]1CCCCCc1nc3ccc(C(F)(F)F)cc3nc1O2. The van der Waals surface area contributed by atoms with Crippen LogP contribution in [0.25, 0.3) is 11.0 Å². The summed E-state index contributed by atoms with van der Waals surface area (Å²) in [6, 6.07) is 2.64. The summed E-state index contributed by atoms with van der Waals surface area (Å²) in [6.45, 7) is 10.4. The van der Waals surface area contributed by atoms with Crippen molar-refractivity contribution >= 4 is 22.9 Å². The van der Waals surface area contributed by atoms with Crippen molar-refractivity contribution in [3.63, 3.8) is 0 Å². The number of nitrogens with one attached hydrogen (secondary N) is 1. The van der Waals surface area contributed by atoms with Gasteiger partial charge in [-0.25, -0.2) is 14.8 Å². The highest BCUT2D eigenvalue weighted by atomic mass is 19.4. The third-order valence-electron chi connectivity index (χ3n) is 9.69. The summed E-state index contributed by atoms with van der Waals surface area (Å²) < 4.78 is 53.0. The molecule has 3 heterocycles. The topological polar surface area (TPSA) is 93.7 Å². The van der Waals surface area contributed by atoms with Crippen molar-refractivity contribution in [1.29, 1.82) is 0 Å². The molecule has 1 aromatic carbocycles. The lowest BCUT2D eigenvalue weighted by Crippen LogP contribution is -2.53. The van der Waals surface area contributed by atoms with Crippen LogP contribution in [-0.4, -0.2) is 64.1 Å². The Bertz CT molecular complexity index is 1360. The van der Waals surface area contributed by atoms with Gasteiger partial charge in [0.2, 0.25) is 5.88 Å². The van der Waals surface area contributed by atoms with Gasteiger partial charge >= 0.3 is 12.3 Å². The molecule has 0 radical (unpaired) electrons. The lowest BCUT2D eigenvalue weighted by Gasteiger charge is -2.36. The van der Waals surface area contributed by atoms with Crippen LogP contribution in [0.5, 0.6) is 5.88 Å². The number of carbonyl (C=O) groups is 2. The number of aromatic nitrogens is 2. The minimum Gasteiger partial charge on any atom is -0.471 e. The zero-order valence-corrected chi connectivity index (χ0v) is 26.4. The number of ketones is 1. The zero-order chi connectivity index (χ0) is 31.8. The highest BCUT2D eigenvalue weighted by Gasteiger charge is 2.45. The molecule has 2 fully saturated rings. The van der Waals surface area contributed by atoms with Crippen LogP contribution in [0.2, 0.25) is 0 Å². The molecule has 5 rings (SSSR count). The molecule has 1 amide bonds. The van der Waals surface area contributed by atoms with Gasteiger partial charge in [-0.15, -0.1) is 0 Å². The Morgan fingerprint density at radius 3 is 2.41 bits per heavy atom. The van der Waals surface area contributed by atoms with Gasteiger partial charge in [0.25, 0.3) is 0 Å². The molecule has 2 bridgehead atoms. The maximum Gasteiger partial charge on any atom is 0.416 e. The number of nitrogens with zero attached hydrogens (tertiary/aromatic N) is 3. The number of hydrogen-bond donors (Lipinski definition) is 1. The smallest absolute Gasteiger partial charge is 0.416 e. The number of Topliss-reactive ketones (excluding diaryl/α,β-unsaturated/α-hetero) is 1. The molecule has 1 saturated carbocycles. The first-order chi connectivity index (χ1) is 20.7. The fourth-order valence-electron chi connectivity index (χ4n) is 7.11. The molecule has 1 N–H and O–H groups in total. The van der Waals surface area contributed by atoms with Gasteiger partial charge in [-0.05, 0) is 75.0 Å². The molecule has 1 unspecified atom stereocenters. The van der Waals surface area contributed by atoms with Crippen LogP contribution in [0.4, 0.5) is 18.0 Å². The summed E-state index contributed by atoms with van der Waals surface area (Å²) >= 11 is 0. The van der Waals surface area contributed by atoms with Crippen molar-refractivity contribution in [3.05, 3.63) is 29.5 Å². The number of fused-ring (bicyclic) bond motifs is 5. The lowest BCUT2D eigenvalue weighted by molar-refractivity contribution is -0.137. The molecule has 1 aliphatic carbocycles. The van der Waals surface area contributed by atoms with Gasteiger partial charge in [-0.2, -0.15) is 13.2 Å². The van der Waals surface area contributed by atoms with Gasteiger partial charge in [0.1, 0.15) is 23.7 Å². The number of rotatable bonds is 1. The summed E-state index contributed by atoms with van der Waals surface area (Å²) in [5.41, 5.74) is 0.00587. The summed E-state index contributed by atoms with van der Waals surface area (Å²) in [6.07, 6.45) is 1.67. The van der Waals surface area contributed by atoms with Crippen molar-refractivity contribution in [2.45, 2.75) is 116 Å². The van der Waals surface area contributed by atoms with E-state index < -0.39 is 30.0 Å². The van der Waals surface area contributed by atoms with Crippen molar-refractivity contribution in [3.8, 4) is 5.88 Å². The number of benzene rings is 1. The molecular weight excluding hydrogens is 573 g/mol. The molecule has 7 atom stereocenters. The number of aryl methyl sites for hydroxylation is 1. The second kappa shape index (κ2) is 12.8. The second-order valence-corrected chi connectivity index (χ2v) is 14.0. The van der Waals surface area contributed by atoms with E-state index in [2.05, 4.69) is 10.3 Å². The molecule has 2 aromatic rings. The quantitative estimate of drug-likeness (QED) is 0.379. The van der Waals surface area contributed by atoms with E-state index in [9.17, 15) is 22.8 Å². The zero-order valence-electron chi connectivity index (χ0n) is 26.4. The Morgan fingerprint density at radius 1 is 0.955 bits per heavy atom. The van der Waals surface area contributed by atoms with Crippen LogP contribution < -0.4 is 10.1 Å². The van der Waals surface area contributed by atoms with Crippen molar-refractivity contribution < 1.29 is 32.2 Å². The predicted octanol–water partition coefficient (Wildman–Crippen LogP) is 6.73. The number of carbonyl (C=O) groups excluding carboxylic acids is 2. The summed E-state index contributed by atoms with van der Waals surface area (Å²) in [5, 5.41) is 3.11. The highest BCUT2D eigenvalue weighted by molar-refractivity contribution is 5.82. The molecule has 44 heavy (non-hydrogen) atoms. The number of alkyl carbamates (subject to hydrolysis) is 1.